The first-order valence-electron chi connectivity index (χ1n) is 6.01. The Kier molecular flexibility index (Phi) is 8.94. The lowest BCUT2D eigenvalue weighted by Gasteiger charge is -2.30. The van der Waals surface area contributed by atoms with Crippen molar-refractivity contribution < 1.29 is 44.9 Å². The SMILES string of the molecule is COC(CS(=O)(=O)OC)C(OC)C(O)C(O)CS(=O)(=O)OC. The number of hydrogen-bond donors (Lipinski definition) is 2. The fraction of sp³-hybridized carbons (Fsp3) is 1.00. The fourth-order valence-corrected chi connectivity index (χ4v) is 3.29. The third kappa shape index (κ3) is 6.83. The fourth-order valence-electron chi connectivity index (χ4n) is 1.67. The van der Waals surface area contributed by atoms with Crippen molar-refractivity contribution in [3.8, 4) is 0 Å². The molecule has 0 rings (SSSR count). The summed E-state index contributed by atoms with van der Waals surface area (Å²) >= 11 is 0. The third-order valence-electron chi connectivity index (χ3n) is 2.92. The Hall–Kier alpha value is -0.340. The largest absolute Gasteiger partial charge is 0.389 e. The van der Waals surface area contributed by atoms with Crippen LogP contribution in [0.5, 0.6) is 0 Å². The number of aliphatic hydroxyl groups is 2. The van der Waals surface area contributed by atoms with Gasteiger partial charge in [-0.1, -0.05) is 0 Å². The lowest BCUT2D eigenvalue weighted by molar-refractivity contribution is -0.119. The highest BCUT2D eigenvalue weighted by atomic mass is 32.2. The Bertz CT molecular complexity index is 514. The van der Waals surface area contributed by atoms with E-state index in [1.165, 1.54) is 7.11 Å². The molecule has 0 saturated heterocycles. The molecule has 0 fully saturated rings. The molecule has 0 aliphatic rings. The van der Waals surface area contributed by atoms with Crippen LogP contribution in [-0.2, 0) is 38.1 Å². The van der Waals surface area contributed by atoms with Crippen molar-refractivity contribution in [2.24, 2.45) is 0 Å². The molecule has 0 aromatic heterocycles. The van der Waals surface area contributed by atoms with Gasteiger partial charge in [-0.2, -0.15) is 16.8 Å². The van der Waals surface area contributed by atoms with Gasteiger partial charge in [-0.3, -0.25) is 8.37 Å². The van der Waals surface area contributed by atoms with Crippen LogP contribution in [0.1, 0.15) is 0 Å². The molecule has 12 heteroatoms. The molecule has 0 saturated carbocycles. The van der Waals surface area contributed by atoms with Gasteiger partial charge < -0.3 is 19.7 Å². The van der Waals surface area contributed by atoms with E-state index < -0.39 is 56.2 Å². The molecule has 4 atom stereocenters. The van der Waals surface area contributed by atoms with Gasteiger partial charge in [-0.05, 0) is 0 Å². The lowest BCUT2D eigenvalue weighted by atomic mass is 10.0. The summed E-state index contributed by atoms with van der Waals surface area (Å²) in [6.07, 6.45) is -5.99. The molecule has 0 aromatic carbocycles. The minimum atomic E-state index is -4.03. The van der Waals surface area contributed by atoms with E-state index in [0.717, 1.165) is 21.3 Å². The van der Waals surface area contributed by atoms with Crippen LogP contribution in [0, 0.1) is 0 Å². The summed E-state index contributed by atoms with van der Waals surface area (Å²) in [5.41, 5.74) is 0. The van der Waals surface area contributed by atoms with Crippen LogP contribution in [0.3, 0.4) is 0 Å². The molecule has 0 bridgehead atoms. The summed E-state index contributed by atoms with van der Waals surface area (Å²) in [4.78, 5) is 0. The minimum Gasteiger partial charge on any atom is -0.389 e. The maximum Gasteiger partial charge on any atom is 0.269 e. The van der Waals surface area contributed by atoms with Gasteiger partial charge in [0.15, 0.2) is 0 Å². The highest BCUT2D eigenvalue weighted by molar-refractivity contribution is 7.87. The zero-order valence-corrected chi connectivity index (χ0v) is 14.3. The molecule has 0 aliphatic carbocycles. The molecule has 0 amide bonds. The Balaban J connectivity index is 5.12. The summed E-state index contributed by atoms with van der Waals surface area (Å²) in [5.74, 6) is -1.54. The molecule has 10 nitrogen and oxygen atoms in total. The van der Waals surface area contributed by atoms with Gasteiger partial charge in [0.1, 0.15) is 29.8 Å². The van der Waals surface area contributed by atoms with Crippen LogP contribution in [0.4, 0.5) is 0 Å². The Morgan fingerprint density at radius 1 is 0.818 bits per heavy atom. The first-order valence-corrected chi connectivity index (χ1v) is 9.17. The summed E-state index contributed by atoms with van der Waals surface area (Å²) in [6.45, 7) is 0. The van der Waals surface area contributed by atoms with Gasteiger partial charge >= 0.3 is 0 Å². The van der Waals surface area contributed by atoms with Crippen LogP contribution in [0.25, 0.3) is 0 Å². The highest BCUT2D eigenvalue weighted by Crippen LogP contribution is 2.15. The van der Waals surface area contributed by atoms with E-state index in [9.17, 15) is 27.0 Å². The molecule has 0 heterocycles. The molecular weight excluding hydrogens is 344 g/mol. The molecule has 4 unspecified atom stereocenters. The van der Waals surface area contributed by atoms with Gasteiger partial charge in [0.05, 0.1) is 20.3 Å². The molecule has 0 spiro atoms. The van der Waals surface area contributed by atoms with Gasteiger partial charge in [-0.15, -0.1) is 0 Å². The number of aliphatic hydroxyl groups excluding tert-OH is 2. The van der Waals surface area contributed by atoms with Crippen molar-refractivity contribution in [3.63, 3.8) is 0 Å². The molecule has 0 aliphatic heterocycles. The van der Waals surface area contributed by atoms with Gasteiger partial charge in [0, 0.05) is 14.2 Å². The average Bonchev–Trinajstić information content (AvgIpc) is 2.46. The molecular formula is C10H22O10S2. The second-order valence-corrected chi connectivity index (χ2v) is 7.88. The molecule has 134 valence electrons. The average molecular weight is 366 g/mol. The van der Waals surface area contributed by atoms with Crippen LogP contribution >= 0.6 is 0 Å². The van der Waals surface area contributed by atoms with Crippen molar-refractivity contribution in [2.45, 2.75) is 24.4 Å². The zero-order valence-electron chi connectivity index (χ0n) is 12.7. The topological polar surface area (TPSA) is 146 Å². The highest BCUT2D eigenvalue weighted by Gasteiger charge is 2.37. The van der Waals surface area contributed by atoms with E-state index in [0.29, 0.717) is 0 Å². The maximum absolute atomic E-state index is 11.4. The second-order valence-electron chi connectivity index (χ2n) is 4.31. The van der Waals surface area contributed by atoms with Crippen LogP contribution in [-0.4, -0.2) is 91.4 Å². The van der Waals surface area contributed by atoms with Gasteiger partial charge in [0.2, 0.25) is 0 Å². The summed E-state index contributed by atoms with van der Waals surface area (Å²) in [5, 5.41) is 19.8. The Morgan fingerprint density at radius 3 is 1.64 bits per heavy atom. The normalized spacial score (nSPS) is 18.6. The Morgan fingerprint density at radius 2 is 1.27 bits per heavy atom. The first-order chi connectivity index (χ1) is 10.0. The number of methoxy groups -OCH3 is 2. The standard InChI is InChI=1S/C10H22O10S2/c1-17-8(6-22(15,16)20-4)10(18-2)9(12)7(11)5-21(13,14)19-3/h7-12H,5-6H2,1-4H3. The van der Waals surface area contributed by atoms with E-state index in [1.54, 1.807) is 0 Å². The van der Waals surface area contributed by atoms with Gasteiger partial charge in [-0.25, -0.2) is 0 Å². The number of rotatable bonds is 11. The van der Waals surface area contributed by atoms with Crippen molar-refractivity contribution in [1.29, 1.82) is 0 Å². The lowest BCUT2D eigenvalue weighted by Crippen LogP contribution is -2.50. The van der Waals surface area contributed by atoms with Crippen molar-refractivity contribution >= 4 is 20.2 Å². The number of hydrogen-bond acceptors (Lipinski definition) is 10. The summed E-state index contributed by atoms with van der Waals surface area (Å²) < 4.78 is 63.7. The van der Waals surface area contributed by atoms with Crippen LogP contribution in [0.2, 0.25) is 0 Å². The molecule has 0 aromatic rings. The summed E-state index contributed by atoms with van der Waals surface area (Å²) in [6, 6.07) is 0. The zero-order chi connectivity index (χ0) is 17.6. The molecule has 0 radical (unpaired) electrons. The van der Waals surface area contributed by atoms with E-state index in [2.05, 4.69) is 8.37 Å². The van der Waals surface area contributed by atoms with E-state index in [1.807, 2.05) is 0 Å². The molecule has 2 N–H and O–H groups in total. The monoisotopic (exact) mass is 366 g/mol. The number of ether oxygens (including phenoxy) is 2. The predicted molar refractivity (Wildman–Crippen MR) is 75.2 cm³/mol. The predicted octanol–water partition coefficient (Wildman–Crippen LogP) is -2.31. The van der Waals surface area contributed by atoms with Crippen molar-refractivity contribution in [1.82, 2.24) is 0 Å². The molecule has 22 heavy (non-hydrogen) atoms. The maximum atomic E-state index is 11.4. The van der Waals surface area contributed by atoms with Gasteiger partial charge in [0.25, 0.3) is 20.2 Å². The minimum absolute atomic E-state index is 0.653. The quantitative estimate of drug-likeness (QED) is 0.382. The van der Waals surface area contributed by atoms with E-state index in [4.69, 9.17) is 9.47 Å². The Labute approximate surface area is 130 Å². The van der Waals surface area contributed by atoms with E-state index in [-0.39, 0.29) is 0 Å². The van der Waals surface area contributed by atoms with E-state index >= 15 is 0 Å². The van der Waals surface area contributed by atoms with Crippen LogP contribution < -0.4 is 0 Å². The smallest absolute Gasteiger partial charge is 0.269 e. The first kappa shape index (κ1) is 21.7. The van der Waals surface area contributed by atoms with Crippen LogP contribution in [0.15, 0.2) is 0 Å². The summed E-state index contributed by atoms with van der Waals surface area (Å²) in [7, 11) is -3.76. The second kappa shape index (κ2) is 9.08. The third-order valence-corrected chi connectivity index (χ3v) is 5.43. The van der Waals surface area contributed by atoms with Crippen molar-refractivity contribution in [2.75, 3.05) is 39.9 Å². The van der Waals surface area contributed by atoms with Crippen molar-refractivity contribution in [3.05, 3.63) is 0 Å².